The van der Waals surface area contributed by atoms with E-state index in [1.54, 1.807) is 53.3 Å². The molecule has 0 aromatic heterocycles. The van der Waals surface area contributed by atoms with Crippen molar-refractivity contribution >= 4 is 23.4 Å². The van der Waals surface area contributed by atoms with Crippen molar-refractivity contribution < 1.29 is 19.1 Å². The van der Waals surface area contributed by atoms with Gasteiger partial charge in [0, 0.05) is 43.3 Å². The van der Waals surface area contributed by atoms with Crippen LogP contribution in [0, 0.1) is 5.92 Å². The van der Waals surface area contributed by atoms with Gasteiger partial charge in [0.05, 0.1) is 12.7 Å². The summed E-state index contributed by atoms with van der Waals surface area (Å²) in [5.74, 6) is 0.214. The Morgan fingerprint density at radius 1 is 0.871 bits per heavy atom. The third-order valence-electron chi connectivity index (χ3n) is 5.33. The highest BCUT2D eigenvalue weighted by Gasteiger charge is 2.25. The van der Waals surface area contributed by atoms with Crippen LogP contribution in [0.4, 0.5) is 5.69 Å². The van der Waals surface area contributed by atoms with E-state index in [-0.39, 0.29) is 23.6 Å². The fourth-order valence-corrected chi connectivity index (χ4v) is 3.48. The molecule has 3 amide bonds. The SMILES string of the molecule is COc1ccccc1C(=O)N1CCCN(C(=O)c2ccc(NC(=O)C(C)C)cc2)CC1. The van der Waals surface area contributed by atoms with E-state index in [2.05, 4.69) is 5.32 Å². The Hall–Kier alpha value is -3.35. The molecule has 7 nitrogen and oxygen atoms in total. The van der Waals surface area contributed by atoms with Gasteiger partial charge in [-0.05, 0) is 42.8 Å². The van der Waals surface area contributed by atoms with Crippen LogP contribution in [0.15, 0.2) is 48.5 Å². The first-order chi connectivity index (χ1) is 14.9. The number of carbonyl (C=O) groups excluding carboxylic acids is 3. The van der Waals surface area contributed by atoms with E-state index in [1.807, 2.05) is 26.0 Å². The van der Waals surface area contributed by atoms with Crippen LogP contribution in [-0.4, -0.2) is 60.8 Å². The van der Waals surface area contributed by atoms with Gasteiger partial charge in [-0.15, -0.1) is 0 Å². The molecule has 0 spiro atoms. The average molecular weight is 424 g/mol. The van der Waals surface area contributed by atoms with E-state index in [9.17, 15) is 14.4 Å². The zero-order valence-corrected chi connectivity index (χ0v) is 18.3. The van der Waals surface area contributed by atoms with E-state index in [0.29, 0.717) is 55.2 Å². The first kappa shape index (κ1) is 22.3. The van der Waals surface area contributed by atoms with E-state index in [4.69, 9.17) is 4.74 Å². The molecule has 1 saturated heterocycles. The quantitative estimate of drug-likeness (QED) is 0.801. The lowest BCUT2D eigenvalue weighted by atomic mass is 10.1. The largest absolute Gasteiger partial charge is 0.496 e. The number of nitrogens with one attached hydrogen (secondary N) is 1. The van der Waals surface area contributed by atoms with E-state index < -0.39 is 0 Å². The van der Waals surface area contributed by atoms with Crippen molar-refractivity contribution in [1.29, 1.82) is 0 Å². The predicted octanol–water partition coefficient (Wildman–Crippen LogP) is 3.28. The summed E-state index contributed by atoms with van der Waals surface area (Å²) in [6.07, 6.45) is 0.704. The van der Waals surface area contributed by atoms with Crippen LogP contribution in [0.25, 0.3) is 0 Å². The molecule has 1 aliphatic heterocycles. The van der Waals surface area contributed by atoms with E-state index in [1.165, 1.54) is 0 Å². The molecular weight excluding hydrogens is 394 g/mol. The first-order valence-corrected chi connectivity index (χ1v) is 10.5. The number of hydrogen-bond donors (Lipinski definition) is 1. The molecule has 7 heteroatoms. The lowest BCUT2D eigenvalue weighted by Crippen LogP contribution is -2.37. The predicted molar refractivity (Wildman–Crippen MR) is 119 cm³/mol. The number of nitrogens with zero attached hydrogens (tertiary/aromatic N) is 2. The minimum atomic E-state index is -0.111. The minimum absolute atomic E-state index is 0.0635. The van der Waals surface area contributed by atoms with Gasteiger partial charge in [0.25, 0.3) is 11.8 Å². The maximum absolute atomic E-state index is 13.0. The fourth-order valence-electron chi connectivity index (χ4n) is 3.48. The first-order valence-electron chi connectivity index (χ1n) is 10.5. The highest BCUT2D eigenvalue weighted by atomic mass is 16.5. The Balaban J connectivity index is 1.63. The molecule has 0 bridgehead atoms. The number of benzene rings is 2. The van der Waals surface area contributed by atoms with Crippen molar-refractivity contribution in [3.05, 3.63) is 59.7 Å². The molecule has 1 aliphatic rings. The molecule has 1 N–H and O–H groups in total. The second-order valence-corrected chi connectivity index (χ2v) is 7.86. The smallest absolute Gasteiger partial charge is 0.257 e. The van der Waals surface area contributed by atoms with E-state index in [0.717, 1.165) is 0 Å². The third kappa shape index (κ3) is 5.42. The summed E-state index contributed by atoms with van der Waals surface area (Å²) in [6.45, 7) is 5.75. The van der Waals surface area contributed by atoms with Gasteiger partial charge in [-0.1, -0.05) is 26.0 Å². The molecule has 0 radical (unpaired) electrons. The second kappa shape index (κ2) is 10.1. The van der Waals surface area contributed by atoms with Gasteiger partial charge in [-0.25, -0.2) is 0 Å². The molecule has 0 saturated carbocycles. The Kier molecular flexibility index (Phi) is 7.28. The molecule has 2 aromatic rings. The minimum Gasteiger partial charge on any atom is -0.496 e. The molecule has 1 fully saturated rings. The van der Waals surface area contributed by atoms with Crippen LogP contribution < -0.4 is 10.1 Å². The van der Waals surface area contributed by atoms with Crippen molar-refractivity contribution in [2.45, 2.75) is 20.3 Å². The number of carbonyl (C=O) groups is 3. The summed E-state index contributed by atoms with van der Waals surface area (Å²) in [4.78, 5) is 41.3. The van der Waals surface area contributed by atoms with Crippen LogP contribution in [0.3, 0.4) is 0 Å². The van der Waals surface area contributed by atoms with Gasteiger partial charge < -0.3 is 19.9 Å². The van der Waals surface area contributed by atoms with Gasteiger partial charge in [0.15, 0.2) is 0 Å². The second-order valence-electron chi connectivity index (χ2n) is 7.86. The number of rotatable bonds is 5. The van der Waals surface area contributed by atoms with Crippen LogP contribution >= 0.6 is 0 Å². The number of anilines is 1. The normalized spacial score (nSPS) is 14.2. The zero-order chi connectivity index (χ0) is 22.4. The molecule has 0 aliphatic carbocycles. The molecule has 31 heavy (non-hydrogen) atoms. The summed E-state index contributed by atoms with van der Waals surface area (Å²) < 4.78 is 5.31. The highest BCUT2D eigenvalue weighted by Crippen LogP contribution is 2.21. The lowest BCUT2D eigenvalue weighted by molar-refractivity contribution is -0.118. The van der Waals surface area contributed by atoms with Crippen molar-refractivity contribution in [3.8, 4) is 5.75 Å². The Labute approximate surface area is 183 Å². The van der Waals surface area contributed by atoms with E-state index >= 15 is 0 Å². The number of amides is 3. The molecule has 0 unspecified atom stereocenters. The molecule has 1 heterocycles. The van der Waals surface area contributed by atoms with Gasteiger partial charge in [-0.2, -0.15) is 0 Å². The van der Waals surface area contributed by atoms with Crippen molar-refractivity contribution in [2.75, 3.05) is 38.6 Å². The molecule has 0 atom stereocenters. The van der Waals surface area contributed by atoms with Crippen LogP contribution in [-0.2, 0) is 4.79 Å². The summed E-state index contributed by atoms with van der Waals surface area (Å²) in [5.41, 5.74) is 1.76. The van der Waals surface area contributed by atoms with Gasteiger partial charge in [-0.3, -0.25) is 14.4 Å². The maximum atomic E-state index is 13.0. The maximum Gasteiger partial charge on any atom is 0.257 e. The van der Waals surface area contributed by atoms with Crippen molar-refractivity contribution in [1.82, 2.24) is 9.80 Å². The third-order valence-corrected chi connectivity index (χ3v) is 5.33. The molecular formula is C24H29N3O4. The highest BCUT2D eigenvalue weighted by molar-refractivity contribution is 5.98. The van der Waals surface area contributed by atoms with Gasteiger partial charge >= 0.3 is 0 Å². The fraction of sp³-hybridized carbons (Fsp3) is 0.375. The Morgan fingerprint density at radius 3 is 2.10 bits per heavy atom. The number of para-hydroxylation sites is 1. The number of methoxy groups -OCH3 is 1. The number of hydrogen-bond acceptors (Lipinski definition) is 4. The van der Waals surface area contributed by atoms with Crippen molar-refractivity contribution in [2.24, 2.45) is 5.92 Å². The standard InChI is InChI=1S/C24H29N3O4/c1-17(2)22(28)25-19-11-9-18(10-12-19)23(29)26-13-6-14-27(16-15-26)24(30)20-7-4-5-8-21(20)31-3/h4-5,7-12,17H,6,13-16H2,1-3H3,(H,25,28). The topological polar surface area (TPSA) is 79.0 Å². The monoisotopic (exact) mass is 423 g/mol. The lowest BCUT2D eigenvalue weighted by Gasteiger charge is -2.23. The molecule has 164 valence electrons. The van der Waals surface area contributed by atoms with Crippen LogP contribution in [0.1, 0.15) is 41.0 Å². The van der Waals surface area contributed by atoms with Gasteiger partial charge in [0.1, 0.15) is 5.75 Å². The Morgan fingerprint density at radius 2 is 1.48 bits per heavy atom. The summed E-state index contributed by atoms with van der Waals surface area (Å²) >= 11 is 0. The summed E-state index contributed by atoms with van der Waals surface area (Å²) in [7, 11) is 1.55. The Bertz CT molecular complexity index is 940. The summed E-state index contributed by atoms with van der Waals surface area (Å²) in [5, 5.41) is 2.82. The van der Waals surface area contributed by atoms with Crippen molar-refractivity contribution in [3.63, 3.8) is 0 Å². The molecule has 2 aromatic carbocycles. The summed E-state index contributed by atoms with van der Waals surface area (Å²) in [6, 6.07) is 14.1. The average Bonchev–Trinajstić information content (AvgIpc) is 3.05. The number of ether oxygens (including phenoxy) is 1. The van der Waals surface area contributed by atoms with Crippen LogP contribution in [0.2, 0.25) is 0 Å². The zero-order valence-electron chi connectivity index (χ0n) is 18.3. The molecule has 3 rings (SSSR count). The van der Waals surface area contributed by atoms with Crippen LogP contribution in [0.5, 0.6) is 5.75 Å². The van der Waals surface area contributed by atoms with Gasteiger partial charge in [0.2, 0.25) is 5.91 Å².